The highest BCUT2D eigenvalue weighted by atomic mass is 28.3. The molecule has 1 rings (SSSR count). The standard InChI is InChI=1S/C9H20NO2Si/c1-11-13(12-2)9-10-7-5-3-4-6-8-10/h3-9H2,1-2H3. The monoisotopic (exact) mass is 202 g/mol. The first kappa shape index (κ1) is 11.2. The highest BCUT2D eigenvalue weighted by Gasteiger charge is 2.18. The van der Waals surface area contributed by atoms with E-state index in [2.05, 4.69) is 4.90 Å². The van der Waals surface area contributed by atoms with Crippen LogP contribution in [0, 0.1) is 0 Å². The molecule has 0 amide bonds. The molecule has 0 N–H and O–H groups in total. The van der Waals surface area contributed by atoms with Crippen LogP contribution in [0.3, 0.4) is 0 Å². The third-order valence-corrected chi connectivity index (χ3v) is 4.12. The van der Waals surface area contributed by atoms with Crippen LogP contribution < -0.4 is 0 Å². The predicted molar refractivity (Wildman–Crippen MR) is 54.7 cm³/mol. The van der Waals surface area contributed by atoms with Crippen LogP contribution in [0.5, 0.6) is 0 Å². The van der Waals surface area contributed by atoms with Gasteiger partial charge in [-0.15, -0.1) is 0 Å². The van der Waals surface area contributed by atoms with Crippen LogP contribution in [0.2, 0.25) is 0 Å². The second-order valence-corrected chi connectivity index (χ2v) is 5.35. The molecular formula is C9H20NO2Si. The van der Waals surface area contributed by atoms with E-state index in [1.54, 1.807) is 14.2 Å². The van der Waals surface area contributed by atoms with E-state index in [1.165, 1.54) is 38.8 Å². The fourth-order valence-corrected chi connectivity index (χ4v) is 2.80. The van der Waals surface area contributed by atoms with E-state index in [0.717, 1.165) is 6.17 Å². The van der Waals surface area contributed by atoms with Crippen LogP contribution in [0.15, 0.2) is 0 Å². The normalized spacial score (nSPS) is 20.5. The molecule has 0 spiro atoms. The van der Waals surface area contributed by atoms with Gasteiger partial charge in [-0.1, -0.05) is 12.8 Å². The van der Waals surface area contributed by atoms with Gasteiger partial charge in [0, 0.05) is 20.4 Å². The Morgan fingerprint density at radius 2 is 1.54 bits per heavy atom. The van der Waals surface area contributed by atoms with E-state index in [-0.39, 0.29) is 0 Å². The van der Waals surface area contributed by atoms with E-state index >= 15 is 0 Å². The van der Waals surface area contributed by atoms with Crippen molar-refractivity contribution in [1.29, 1.82) is 0 Å². The number of hydrogen-bond acceptors (Lipinski definition) is 3. The van der Waals surface area contributed by atoms with Gasteiger partial charge in [0.1, 0.15) is 0 Å². The molecular weight excluding hydrogens is 182 g/mol. The molecule has 0 aliphatic carbocycles. The van der Waals surface area contributed by atoms with Crippen molar-refractivity contribution >= 4 is 9.28 Å². The van der Waals surface area contributed by atoms with E-state index in [4.69, 9.17) is 8.85 Å². The smallest absolute Gasteiger partial charge is 0.396 e. The predicted octanol–water partition coefficient (Wildman–Crippen LogP) is 1.18. The summed E-state index contributed by atoms with van der Waals surface area (Å²) in [6, 6.07) is 0. The van der Waals surface area contributed by atoms with Crippen LogP contribution in [0.25, 0.3) is 0 Å². The first-order valence-corrected chi connectivity index (χ1v) is 6.55. The van der Waals surface area contributed by atoms with Crippen molar-refractivity contribution in [1.82, 2.24) is 4.90 Å². The second-order valence-electron chi connectivity index (χ2n) is 3.47. The third kappa shape index (κ3) is 4.22. The average Bonchev–Trinajstić information content (AvgIpc) is 2.42. The van der Waals surface area contributed by atoms with Gasteiger partial charge in [0.15, 0.2) is 0 Å². The summed E-state index contributed by atoms with van der Waals surface area (Å²) in [5.74, 6) is 0. The largest absolute Gasteiger partial charge is 0.399 e. The molecule has 3 nitrogen and oxygen atoms in total. The number of hydrogen-bond donors (Lipinski definition) is 0. The van der Waals surface area contributed by atoms with E-state index in [1.807, 2.05) is 0 Å². The van der Waals surface area contributed by atoms with Crippen molar-refractivity contribution in [2.75, 3.05) is 33.5 Å². The Hall–Kier alpha value is 0.0969. The zero-order valence-electron chi connectivity index (χ0n) is 8.71. The van der Waals surface area contributed by atoms with Crippen LogP contribution >= 0.6 is 0 Å². The van der Waals surface area contributed by atoms with Gasteiger partial charge in [-0.25, -0.2) is 0 Å². The lowest BCUT2D eigenvalue weighted by Gasteiger charge is -2.21. The maximum Gasteiger partial charge on any atom is 0.399 e. The van der Waals surface area contributed by atoms with Gasteiger partial charge in [0.2, 0.25) is 0 Å². The van der Waals surface area contributed by atoms with Gasteiger partial charge in [0.05, 0.1) is 0 Å². The molecule has 1 radical (unpaired) electrons. The molecule has 1 fully saturated rings. The Bertz CT molecular complexity index is 123. The lowest BCUT2D eigenvalue weighted by atomic mass is 10.2. The van der Waals surface area contributed by atoms with E-state index in [0.29, 0.717) is 0 Å². The highest BCUT2D eigenvalue weighted by molar-refractivity contribution is 6.44. The number of rotatable bonds is 4. The molecule has 0 aromatic heterocycles. The quantitative estimate of drug-likeness (QED) is 0.639. The summed E-state index contributed by atoms with van der Waals surface area (Å²) >= 11 is 0. The molecule has 4 heteroatoms. The molecule has 0 aromatic carbocycles. The molecule has 1 aliphatic heterocycles. The van der Waals surface area contributed by atoms with Gasteiger partial charge >= 0.3 is 9.28 Å². The van der Waals surface area contributed by atoms with E-state index in [9.17, 15) is 0 Å². The van der Waals surface area contributed by atoms with Crippen molar-refractivity contribution in [2.24, 2.45) is 0 Å². The van der Waals surface area contributed by atoms with Crippen LogP contribution in [0.1, 0.15) is 25.7 Å². The second kappa shape index (κ2) is 6.54. The average molecular weight is 202 g/mol. The van der Waals surface area contributed by atoms with Crippen molar-refractivity contribution < 1.29 is 8.85 Å². The molecule has 1 heterocycles. The minimum atomic E-state index is -1.01. The zero-order chi connectivity index (χ0) is 9.52. The van der Waals surface area contributed by atoms with E-state index < -0.39 is 9.28 Å². The summed E-state index contributed by atoms with van der Waals surface area (Å²) in [5, 5.41) is 0. The maximum absolute atomic E-state index is 5.28. The molecule has 0 saturated carbocycles. The van der Waals surface area contributed by atoms with Crippen LogP contribution in [-0.4, -0.2) is 47.7 Å². The third-order valence-electron chi connectivity index (χ3n) is 2.51. The SMILES string of the molecule is CO[Si](CN1CCCCCC1)OC. The van der Waals surface area contributed by atoms with Gasteiger partial charge < -0.3 is 13.8 Å². The summed E-state index contributed by atoms with van der Waals surface area (Å²) in [6.45, 7) is 2.45. The number of nitrogens with zero attached hydrogens (tertiary/aromatic N) is 1. The van der Waals surface area contributed by atoms with Crippen molar-refractivity contribution in [3.8, 4) is 0 Å². The summed E-state index contributed by atoms with van der Waals surface area (Å²) in [6.07, 6.45) is 6.46. The first-order valence-electron chi connectivity index (χ1n) is 5.03. The van der Waals surface area contributed by atoms with Gasteiger partial charge in [-0.05, 0) is 25.9 Å². The minimum Gasteiger partial charge on any atom is -0.396 e. The Balaban J connectivity index is 2.24. The fourth-order valence-electron chi connectivity index (χ4n) is 1.69. The summed E-state index contributed by atoms with van der Waals surface area (Å²) in [7, 11) is 2.48. The van der Waals surface area contributed by atoms with Crippen LogP contribution in [0.4, 0.5) is 0 Å². The summed E-state index contributed by atoms with van der Waals surface area (Å²) < 4.78 is 10.6. The minimum absolute atomic E-state index is 1.01. The topological polar surface area (TPSA) is 21.7 Å². The Morgan fingerprint density at radius 1 is 1.00 bits per heavy atom. The lowest BCUT2D eigenvalue weighted by molar-refractivity contribution is 0.234. The summed E-state index contributed by atoms with van der Waals surface area (Å²) in [4.78, 5) is 2.48. The van der Waals surface area contributed by atoms with Gasteiger partial charge in [0.25, 0.3) is 0 Å². The molecule has 1 aliphatic rings. The molecule has 1 saturated heterocycles. The number of likely N-dealkylation sites (tertiary alicyclic amines) is 1. The van der Waals surface area contributed by atoms with Crippen LogP contribution in [-0.2, 0) is 8.85 Å². The Kier molecular flexibility index (Phi) is 5.62. The highest BCUT2D eigenvalue weighted by Crippen LogP contribution is 2.09. The molecule has 0 aromatic rings. The summed E-state index contributed by atoms with van der Waals surface area (Å²) in [5.41, 5.74) is 0. The van der Waals surface area contributed by atoms with Gasteiger partial charge in [-0.2, -0.15) is 0 Å². The van der Waals surface area contributed by atoms with Crippen molar-refractivity contribution in [2.45, 2.75) is 25.7 Å². The maximum atomic E-state index is 5.28. The molecule has 0 atom stereocenters. The fraction of sp³-hybridized carbons (Fsp3) is 1.00. The molecule has 77 valence electrons. The molecule has 13 heavy (non-hydrogen) atoms. The Morgan fingerprint density at radius 3 is 2.00 bits per heavy atom. The van der Waals surface area contributed by atoms with Crippen molar-refractivity contribution in [3.05, 3.63) is 0 Å². The molecule has 0 unspecified atom stereocenters. The zero-order valence-corrected chi connectivity index (χ0v) is 9.71. The molecule has 0 bridgehead atoms. The van der Waals surface area contributed by atoms with Gasteiger partial charge in [-0.3, -0.25) is 0 Å². The van der Waals surface area contributed by atoms with Crippen molar-refractivity contribution in [3.63, 3.8) is 0 Å². The Labute approximate surface area is 82.9 Å². The lowest BCUT2D eigenvalue weighted by Crippen LogP contribution is -2.38. The first-order chi connectivity index (χ1) is 6.36.